The summed E-state index contributed by atoms with van der Waals surface area (Å²) in [6.07, 6.45) is 2.24. The van der Waals surface area contributed by atoms with Gasteiger partial charge in [0, 0.05) is 20.1 Å². The fraction of sp³-hybridized carbons (Fsp3) is 0.389. The van der Waals surface area contributed by atoms with E-state index in [0.717, 1.165) is 36.3 Å². The number of unbranched alkanes of at least 4 members (excludes halogenated alkanes) is 1. The number of hydrogen-bond donors (Lipinski definition) is 1. The van der Waals surface area contributed by atoms with Gasteiger partial charge in [0.1, 0.15) is 0 Å². The Kier molecular flexibility index (Phi) is 6.09. The van der Waals surface area contributed by atoms with Crippen molar-refractivity contribution in [3.8, 4) is 0 Å². The third-order valence-electron chi connectivity index (χ3n) is 3.82. The second kappa shape index (κ2) is 8.27. The van der Waals surface area contributed by atoms with E-state index in [0.29, 0.717) is 12.2 Å². The van der Waals surface area contributed by atoms with Gasteiger partial charge in [-0.3, -0.25) is 4.79 Å². The number of anilines is 1. The van der Waals surface area contributed by atoms with Gasteiger partial charge in [0.05, 0.1) is 0 Å². The Bertz CT molecular complexity index is 640. The largest absolute Gasteiger partial charge is 0.358 e. The van der Waals surface area contributed by atoms with Crippen molar-refractivity contribution >= 4 is 11.7 Å². The Morgan fingerprint density at radius 2 is 1.96 bits per heavy atom. The van der Waals surface area contributed by atoms with Gasteiger partial charge in [-0.2, -0.15) is 0 Å². The fourth-order valence-corrected chi connectivity index (χ4v) is 2.23. The van der Waals surface area contributed by atoms with Crippen LogP contribution in [0.3, 0.4) is 0 Å². The average molecular weight is 312 g/mol. The van der Waals surface area contributed by atoms with Crippen LogP contribution in [0.4, 0.5) is 5.82 Å². The predicted molar refractivity (Wildman–Crippen MR) is 92.6 cm³/mol. The SMILES string of the molecule is CCCCN(C)c1ccc(C(=O)NCc2ccccc2C)nn1. The van der Waals surface area contributed by atoms with Crippen molar-refractivity contribution in [2.75, 3.05) is 18.5 Å². The zero-order valence-corrected chi connectivity index (χ0v) is 14.0. The maximum absolute atomic E-state index is 12.2. The van der Waals surface area contributed by atoms with Crippen molar-refractivity contribution in [3.63, 3.8) is 0 Å². The van der Waals surface area contributed by atoms with E-state index in [2.05, 4.69) is 22.4 Å². The van der Waals surface area contributed by atoms with Gasteiger partial charge in [0.15, 0.2) is 11.5 Å². The van der Waals surface area contributed by atoms with Crippen LogP contribution < -0.4 is 10.2 Å². The first-order valence-corrected chi connectivity index (χ1v) is 7.99. The zero-order chi connectivity index (χ0) is 16.7. The van der Waals surface area contributed by atoms with Gasteiger partial charge in [0.25, 0.3) is 5.91 Å². The van der Waals surface area contributed by atoms with E-state index < -0.39 is 0 Å². The van der Waals surface area contributed by atoms with Gasteiger partial charge in [0.2, 0.25) is 0 Å². The lowest BCUT2D eigenvalue weighted by Crippen LogP contribution is -2.25. The van der Waals surface area contributed by atoms with Crippen LogP contribution >= 0.6 is 0 Å². The Labute approximate surface area is 137 Å². The quantitative estimate of drug-likeness (QED) is 0.854. The molecule has 0 unspecified atom stereocenters. The second-order valence-electron chi connectivity index (χ2n) is 5.66. The summed E-state index contributed by atoms with van der Waals surface area (Å²) in [6.45, 7) is 5.61. The number of hydrogen-bond acceptors (Lipinski definition) is 4. The molecule has 122 valence electrons. The summed E-state index contributed by atoms with van der Waals surface area (Å²) in [5.41, 5.74) is 2.60. The molecule has 0 saturated carbocycles. The molecule has 0 atom stereocenters. The van der Waals surface area contributed by atoms with Crippen LogP contribution in [0.15, 0.2) is 36.4 Å². The zero-order valence-electron chi connectivity index (χ0n) is 14.0. The van der Waals surface area contributed by atoms with Gasteiger partial charge in [-0.1, -0.05) is 37.6 Å². The molecule has 0 aliphatic rings. The molecule has 0 fully saturated rings. The van der Waals surface area contributed by atoms with Gasteiger partial charge < -0.3 is 10.2 Å². The lowest BCUT2D eigenvalue weighted by atomic mass is 10.1. The van der Waals surface area contributed by atoms with E-state index in [4.69, 9.17) is 0 Å². The summed E-state index contributed by atoms with van der Waals surface area (Å²) in [6, 6.07) is 11.5. The molecule has 0 spiro atoms. The fourth-order valence-electron chi connectivity index (χ4n) is 2.23. The van der Waals surface area contributed by atoms with Crippen LogP contribution in [-0.4, -0.2) is 29.7 Å². The first-order valence-electron chi connectivity index (χ1n) is 7.99. The molecule has 2 aromatic rings. The number of aryl methyl sites for hydroxylation is 1. The molecular weight excluding hydrogens is 288 g/mol. The number of benzene rings is 1. The maximum Gasteiger partial charge on any atom is 0.272 e. The van der Waals surface area contributed by atoms with E-state index in [-0.39, 0.29) is 5.91 Å². The number of rotatable bonds is 7. The molecule has 1 amide bonds. The number of nitrogens with one attached hydrogen (secondary N) is 1. The van der Waals surface area contributed by atoms with Crippen molar-refractivity contribution in [2.24, 2.45) is 0 Å². The molecular formula is C18H24N4O. The van der Waals surface area contributed by atoms with Crippen LogP contribution in [-0.2, 0) is 6.54 Å². The number of aromatic nitrogens is 2. The highest BCUT2D eigenvalue weighted by molar-refractivity contribution is 5.92. The van der Waals surface area contributed by atoms with Crippen molar-refractivity contribution < 1.29 is 4.79 Å². The highest BCUT2D eigenvalue weighted by Crippen LogP contribution is 2.09. The summed E-state index contributed by atoms with van der Waals surface area (Å²) in [7, 11) is 1.98. The molecule has 0 aliphatic heterocycles. The Balaban J connectivity index is 1.94. The van der Waals surface area contributed by atoms with Crippen LogP contribution in [0, 0.1) is 6.92 Å². The molecule has 0 radical (unpaired) electrons. The minimum Gasteiger partial charge on any atom is -0.358 e. The number of carbonyl (C=O) groups is 1. The third-order valence-corrected chi connectivity index (χ3v) is 3.82. The molecule has 0 bridgehead atoms. The summed E-state index contributed by atoms with van der Waals surface area (Å²) < 4.78 is 0. The highest BCUT2D eigenvalue weighted by atomic mass is 16.1. The van der Waals surface area contributed by atoms with Crippen LogP contribution in [0.2, 0.25) is 0 Å². The lowest BCUT2D eigenvalue weighted by Gasteiger charge is -2.16. The molecule has 1 heterocycles. The summed E-state index contributed by atoms with van der Waals surface area (Å²) in [5.74, 6) is 0.581. The van der Waals surface area contributed by atoms with Gasteiger partial charge in [-0.25, -0.2) is 0 Å². The van der Waals surface area contributed by atoms with Crippen LogP contribution in [0.25, 0.3) is 0 Å². The average Bonchev–Trinajstić information content (AvgIpc) is 2.59. The summed E-state index contributed by atoms with van der Waals surface area (Å²) in [5, 5.41) is 11.1. The second-order valence-corrected chi connectivity index (χ2v) is 5.66. The molecule has 0 saturated heterocycles. The van der Waals surface area contributed by atoms with E-state index >= 15 is 0 Å². The maximum atomic E-state index is 12.2. The van der Waals surface area contributed by atoms with E-state index in [9.17, 15) is 4.79 Å². The normalized spacial score (nSPS) is 10.4. The Hall–Kier alpha value is -2.43. The van der Waals surface area contributed by atoms with Crippen molar-refractivity contribution in [1.29, 1.82) is 0 Å². The van der Waals surface area contributed by atoms with Crippen molar-refractivity contribution in [2.45, 2.75) is 33.2 Å². The van der Waals surface area contributed by atoms with Crippen LogP contribution in [0.5, 0.6) is 0 Å². The summed E-state index contributed by atoms with van der Waals surface area (Å²) in [4.78, 5) is 14.2. The molecule has 23 heavy (non-hydrogen) atoms. The van der Waals surface area contributed by atoms with E-state index in [1.807, 2.05) is 49.2 Å². The summed E-state index contributed by atoms with van der Waals surface area (Å²) >= 11 is 0. The number of carbonyl (C=O) groups excluding carboxylic acids is 1. The molecule has 1 N–H and O–H groups in total. The highest BCUT2D eigenvalue weighted by Gasteiger charge is 2.10. The molecule has 5 heteroatoms. The van der Waals surface area contributed by atoms with E-state index in [1.165, 1.54) is 0 Å². The molecule has 5 nitrogen and oxygen atoms in total. The lowest BCUT2D eigenvalue weighted by molar-refractivity contribution is 0.0945. The van der Waals surface area contributed by atoms with Gasteiger partial charge in [-0.15, -0.1) is 10.2 Å². The predicted octanol–water partition coefficient (Wildman–Crippen LogP) is 2.95. The minimum absolute atomic E-state index is 0.205. The first kappa shape index (κ1) is 16.9. The van der Waals surface area contributed by atoms with Gasteiger partial charge >= 0.3 is 0 Å². The molecule has 1 aromatic carbocycles. The smallest absolute Gasteiger partial charge is 0.272 e. The monoisotopic (exact) mass is 312 g/mol. The van der Waals surface area contributed by atoms with E-state index in [1.54, 1.807) is 6.07 Å². The third kappa shape index (κ3) is 4.77. The number of amides is 1. The first-order chi connectivity index (χ1) is 11.1. The topological polar surface area (TPSA) is 58.1 Å². The van der Waals surface area contributed by atoms with Crippen molar-refractivity contribution in [3.05, 3.63) is 53.2 Å². The number of nitrogens with zero attached hydrogens (tertiary/aromatic N) is 3. The van der Waals surface area contributed by atoms with Crippen LogP contribution in [0.1, 0.15) is 41.4 Å². The Morgan fingerprint density at radius 1 is 1.17 bits per heavy atom. The molecule has 2 rings (SSSR count). The Morgan fingerprint density at radius 3 is 2.61 bits per heavy atom. The standard InChI is InChI=1S/C18H24N4O/c1-4-5-12-22(3)17-11-10-16(20-21-17)18(23)19-13-15-9-7-6-8-14(15)2/h6-11H,4-5,12-13H2,1-3H3,(H,19,23). The minimum atomic E-state index is -0.205. The van der Waals surface area contributed by atoms with Gasteiger partial charge in [-0.05, 0) is 36.6 Å². The van der Waals surface area contributed by atoms with Crippen molar-refractivity contribution in [1.82, 2.24) is 15.5 Å². The molecule has 0 aliphatic carbocycles. The molecule has 1 aromatic heterocycles.